The Morgan fingerprint density at radius 2 is 2.31 bits per heavy atom. The Morgan fingerprint density at radius 1 is 1.54 bits per heavy atom. The van der Waals surface area contributed by atoms with Crippen molar-refractivity contribution in [3.8, 4) is 0 Å². The maximum absolute atomic E-state index is 5.39. The Morgan fingerprint density at radius 3 is 2.77 bits per heavy atom. The van der Waals surface area contributed by atoms with Crippen LogP contribution in [0.1, 0.15) is 38.5 Å². The molecule has 1 heterocycles. The highest BCUT2D eigenvalue weighted by molar-refractivity contribution is 5.05. The van der Waals surface area contributed by atoms with Gasteiger partial charge in [-0.15, -0.1) is 0 Å². The second-order valence-corrected chi connectivity index (χ2v) is 3.55. The monoisotopic (exact) mass is 181 g/mol. The van der Waals surface area contributed by atoms with Gasteiger partial charge >= 0.3 is 0 Å². The summed E-state index contributed by atoms with van der Waals surface area (Å²) in [6.45, 7) is 4.47. The van der Waals surface area contributed by atoms with Crippen LogP contribution >= 0.6 is 0 Å². The van der Waals surface area contributed by atoms with Gasteiger partial charge in [0, 0.05) is 0 Å². The molecule has 74 valence electrons. The SMILES string of the molecule is CCCC(C)C(NC)c1ccco1. The summed E-state index contributed by atoms with van der Waals surface area (Å²) >= 11 is 0. The summed E-state index contributed by atoms with van der Waals surface area (Å²) in [6, 6.07) is 4.33. The van der Waals surface area contributed by atoms with Crippen molar-refractivity contribution < 1.29 is 4.42 Å². The van der Waals surface area contributed by atoms with Crippen molar-refractivity contribution in [2.75, 3.05) is 7.05 Å². The predicted molar refractivity (Wildman–Crippen MR) is 54.6 cm³/mol. The zero-order valence-electron chi connectivity index (χ0n) is 8.71. The average molecular weight is 181 g/mol. The van der Waals surface area contributed by atoms with Gasteiger partial charge in [0.05, 0.1) is 12.3 Å². The van der Waals surface area contributed by atoms with Gasteiger partial charge in [-0.1, -0.05) is 20.3 Å². The molecule has 0 saturated heterocycles. The third-order valence-corrected chi connectivity index (χ3v) is 2.47. The lowest BCUT2D eigenvalue weighted by Crippen LogP contribution is -2.22. The van der Waals surface area contributed by atoms with E-state index in [-0.39, 0.29) is 0 Å². The van der Waals surface area contributed by atoms with E-state index in [0.29, 0.717) is 12.0 Å². The van der Waals surface area contributed by atoms with E-state index in [0.717, 1.165) is 5.76 Å². The lowest BCUT2D eigenvalue weighted by atomic mass is 9.95. The van der Waals surface area contributed by atoms with Crippen molar-refractivity contribution in [3.05, 3.63) is 24.2 Å². The maximum Gasteiger partial charge on any atom is 0.120 e. The Hall–Kier alpha value is -0.760. The maximum atomic E-state index is 5.39. The van der Waals surface area contributed by atoms with Crippen LogP contribution in [0.25, 0.3) is 0 Å². The molecule has 0 aliphatic rings. The van der Waals surface area contributed by atoms with Crippen molar-refractivity contribution in [2.45, 2.75) is 32.7 Å². The van der Waals surface area contributed by atoms with Crippen LogP contribution in [0.3, 0.4) is 0 Å². The molecule has 1 aromatic heterocycles. The van der Waals surface area contributed by atoms with Gasteiger partial charge < -0.3 is 9.73 Å². The highest BCUT2D eigenvalue weighted by Crippen LogP contribution is 2.25. The van der Waals surface area contributed by atoms with Gasteiger partial charge in [-0.2, -0.15) is 0 Å². The number of hydrogen-bond donors (Lipinski definition) is 1. The largest absolute Gasteiger partial charge is 0.468 e. The second kappa shape index (κ2) is 5.07. The first kappa shape index (κ1) is 10.3. The van der Waals surface area contributed by atoms with Gasteiger partial charge in [-0.05, 0) is 31.5 Å². The number of rotatable bonds is 5. The minimum atomic E-state index is 0.356. The summed E-state index contributed by atoms with van der Waals surface area (Å²) < 4.78 is 5.39. The van der Waals surface area contributed by atoms with Crippen LogP contribution < -0.4 is 5.32 Å². The topological polar surface area (TPSA) is 25.2 Å². The molecule has 0 saturated carbocycles. The molecular formula is C11H19NO. The molecule has 0 aliphatic carbocycles. The van der Waals surface area contributed by atoms with Gasteiger partial charge in [0.2, 0.25) is 0 Å². The number of nitrogens with one attached hydrogen (secondary N) is 1. The Balaban J connectivity index is 2.62. The molecule has 0 bridgehead atoms. The van der Waals surface area contributed by atoms with E-state index in [9.17, 15) is 0 Å². The number of hydrogen-bond acceptors (Lipinski definition) is 2. The first-order chi connectivity index (χ1) is 6.29. The van der Waals surface area contributed by atoms with Gasteiger partial charge in [0.15, 0.2) is 0 Å². The van der Waals surface area contributed by atoms with Gasteiger partial charge in [-0.25, -0.2) is 0 Å². The summed E-state index contributed by atoms with van der Waals surface area (Å²) in [6.07, 6.45) is 4.19. The molecule has 2 atom stereocenters. The van der Waals surface area contributed by atoms with Gasteiger partial charge in [0.25, 0.3) is 0 Å². The van der Waals surface area contributed by atoms with Crippen LogP contribution in [0, 0.1) is 5.92 Å². The van der Waals surface area contributed by atoms with E-state index in [4.69, 9.17) is 4.42 Å². The third-order valence-electron chi connectivity index (χ3n) is 2.47. The van der Waals surface area contributed by atoms with Crippen LogP contribution in [-0.2, 0) is 0 Å². The molecule has 2 heteroatoms. The molecule has 1 aromatic rings. The molecule has 2 unspecified atom stereocenters. The van der Waals surface area contributed by atoms with Crippen molar-refractivity contribution in [2.24, 2.45) is 5.92 Å². The van der Waals surface area contributed by atoms with Crippen molar-refractivity contribution in [1.82, 2.24) is 5.32 Å². The highest BCUT2D eigenvalue weighted by atomic mass is 16.3. The first-order valence-electron chi connectivity index (χ1n) is 5.00. The number of furan rings is 1. The Kier molecular flexibility index (Phi) is 4.03. The van der Waals surface area contributed by atoms with E-state index < -0.39 is 0 Å². The highest BCUT2D eigenvalue weighted by Gasteiger charge is 2.18. The lowest BCUT2D eigenvalue weighted by Gasteiger charge is -2.20. The van der Waals surface area contributed by atoms with E-state index in [1.807, 2.05) is 19.2 Å². The minimum absolute atomic E-state index is 0.356. The van der Waals surface area contributed by atoms with Crippen molar-refractivity contribution in [1.29, 1.82) is 0 Å². The summed E-state index contributed by atoms with van der Waals surface area (Å²) in [5, 5.41) is 3.30. The zero-order valence-corrected chi connectivity index (χ0v) is 8.71. The van der Waals surface area contributed by atoms with E-state index >= 15 is 0 Å². The molecule has 0 aromatic carbocycles. The lowest BCUT2D eigenvalue weighted by molar-refractivity contribution is 0.326. The van der Waals surface area contributed by atoms with Crippen molar-refractivity contribution >= 4 is 0 Å². The van der Waals surface area contributed by atoms with Gasteiger partial charge in [0.1, 0.15) is 5.76 Å². The Labute approximate surface area is 80.3 Å². The smallest absolute Gasteiger partial charge is 0.120 e. The van der Waals surface area contributed by atoms with Crippen LogP contribution in [0.4, 0.5) is 0 Å². The summed E-state index contributed by atoms with van der Waals surface area (Å²) in [4.78, 5) is 0. The fourth-order valence-corrected chi connectivity index (χ4v) is 1.80. The van der Waals surface area contributed by atoms with E-state index in [1.54, 1.807) is 6.26 Å². The summed E-state index contributed by atoms with van der Waals surface area (Å²) in [5.74, 6) is 1.67. The molecule has 0 spiro atoms. The van der Waals surface area contributed by atoms with E-state index in [1.165, 1.54) is 12.8 Å². The van der Waals surface area contributed by atoms with Crippen LogP contribution in [0.15, 0.2) is 22.8 Å². The van der Waals surface area contributed by atoms with Crippen LogP contribution in [-0.4, -0.2) is 7.05 Å². The zero-order chi connectivity index (χ0) is 9.68. The fourth-order valence-electron chi connectivity index (χ4n) is 1.80. The molecule has 1 N–H and O–H groups in total. The third kappa shape index (κ3) is 2.59. The summed E-state index contributed by atoms with van der Waals surface area (Å²) in [5.41, 5.74) is 0. The first-order valence-corrected chi connectivity index (χ1v) is 5.00. The molecular weight excluding hydrogens is 162 g/mol. The quantitative estimate of drug-likeness (QED) is 0.755. The molecule has 0 aliphatic heterocycles. The van der Waals surface area contributed by atoms with Crippen molar-refractivity contribution in [3.63, 3.8) is 0 Å². The predicted octanol–water partition coefficient (Wildman–Crippen LogP) is 2.98. The average Bonchev–Trinajstić information content (AvgIpc) is 2.59. The Bertz CT molecular complexity index is 218. The molecule has 13 heavy (non-hydrogen) atoms. The van der Waals surface area contributed by atoms with Crippen LogP contribution in [0.2, 0.25) is 0 Å². The van der Waals surface area contributed by atoms with Gasteiger partial charge in [-0.3, -0.25) is 0 Å². The second-order valence-electron chi connectivity index (χ2n) is 3.55. The summed E-state index contributed by atoms with van der Waals surface area (Å²) in [7, 11) is 1.99. The molecule has 0 radical (unpaired) electrons. The fraction of sp³-hybridized carbons (Fsp3) is 0.636. The molecule has 2 nitrogen and oxygen atoms in total. The molecule has 0 fully saturated rings. The van der Waals surface area contributed by atoms with E-state index in [2.05, 4.69) is 19.2 Å². The standard InChI is InChI=1S/C11H19NO/c1-4-6-9(2)11(12-3)10-7-5-8-13-10/h5,7-9,11-12H,4,6H2,1-3H3. The molecule has 1 rings (SSSR count). The minimum Gasteiger partial charge on any atom is -0.468 e. The van der Waals surface area contributed by atoms with Crippen LogP contribution in [0.5, 0.6) is 0 Å². The normalized spacial score (nSPS) is 15.6. The molecule has 0 amide bonds.